The quantitative estimate of drug-likeness (QED) is 0.0578. The summed E-state index contributed by atoms with van der Waals surface area (Å²) in [6, 6.07) is 31.3. The molecule has 76 heavy (non-hydrogen) atoms. The van der Waals surface area contributed by atoms with Crippen LogP contribution in [0.15, 0.2) is 97.1 Å². The van der Waals surface area contributed by atoms with E-state index in [1.165, 1.54) is 37.0 Å². The zero-order valence-corrected chi connectivity index (χ0v) is 50.4. The van der Waals surface area contributed by atoms with Gasteiger partial charge in [0, 0.05) is 20.6 Å². The molecule has 0 heterocycles. The molecule has 3 N–H and O–H groups in total. The van der Waals surface area contributed by atoms with Crippen LogP contribution in [-0.2, 0) is 14.3 Å². The molecule has 0 aliphatic rings. The molecule has 0 radical (unpaired) electrons. The lowest BCUT2D eigenvalue weighted by Crippen LogP contribution is -2.27. The Kier molecular flexibility index (Phi) is 26.7. The number of aldehydes is 2. The molecule has 10 nitrogen and oxygen atoms in total. The lowest BCUT2D eigenvalue weighted by Gasteiger charge is -2.21. The van der Waals surface area contributed by atoms with Gasteiger partial charge in [-0.15, -0.1) is 0 Å². The van der Waals surface area contributed by atoms with Crippen LogP contribution in [0.2, 0.25) is 0 Å². The molecule has 11 heteroatoms. The minimum atomic E-state index is -0.964. The lowest BCUT2D eigenvalue weighted by atomic mass is 9.84. The van der Waals surface area contributed by atoms with E-state index in [0.717, 1.165) is 51.5 Å². The maximum atomic E-state index is 11.5. The van der Waals surface area contributed by atoms with Crippen molar-refractivity contribution in [3.05, 3.63) is 184 Å². The fourth-order valence-corrected chi connectivity index (χ4v) is 9.14. The second-order valence-electron chi connectivity index (χ2n) is 21.1. The van der Waals surface area contributed by atoms with E-state index in [2.05, 4.69) is 135 Å². The fraction of sp³-hybridized carbons (Fsp3) is 0.385. The summed E-state index contributed by atoms with van der Waals surface area (Å²) in [7, 11) is 0. The van der Waals surface area contributed by atoms with E-state index in [9.17, 15) is 24.3 Å². The number of para-hydroxylation sites is 1. The predicted molar refractivity (Wildman–Crippen MR) is 318 cm³/mol. The van der Waals surface area contributed by atoms with Crippen LogP contribution in [0, 0.1) is 59.0 Å². The Hall–Kier alpha value is -6.47. The molecule has 0 saturated heterocycles. The smallest absolute Gasteiger partial charge is 0.344 e. The van der Waals surface area contributed by atoms with Gasteiger partial charge in [0.1, 0.15) is 28.6 Å². The van der Waals surface area contributed by atoms with Crippen LogP contribution in [0.25, 0.3) is 0 Å². The van der Waals surface area contributed by atoms with E-state index in [0.29, 0.717) is 46.1 Å². The van der Waals surface area contributed by atoms with Crippen LogP contribution in [-0.4, -0.2) is 58.6 Å². The van der Waals surface area contributed by atoms with Crippen molar-refractivity contribution in [1.29, 1.82) is 0 Å². The molecule has 0 saturated carbocycles. The van der Waals surface area contributed by atoms with Gasteiger partial charge in [0.2, 0.25) is 0 Å². The zero-order chi connectivity index (χ0) is 57.8. The van der Waals surface area contributed by atoms with Gasteiger partial charge in [0.25, 0.3) is 0 Å². The first-order chi connectivity index (χ1) is 35.4. The number of carboxylic acid groups (broad SMARTS) is 1. The van der Waals surface area contributed by atoms with Crippen molar-refractivity contribution in [2.45, 2.75) is 154 Å². The Bertz CT molecular complexity index is 2820. The molecule has 0 aromatic heterocycles. The van der Waals surface area contributed by atoms with Gasteiger partial charge in [-0.25, -0.2) is 9.59 Å². The van der Waals surface area contributed by atoms with Crippen molar-refractivity contribution in [2.75, 3.05) is 13.2 Å². The number of carbonyl (C=O) groups excluding carboxylic acids is 3. The van der Waals surface area contributed by atoms with Crippen molar-refractivity contribution >= 4 is 47.1 Å². The summed E-state index contributed by atoms with van der Waals surface area (Å²) in [5.74, 6) is 2.23. The van der Waals surface area contributed by atoms with E-state index >= 15 is 0 Å². The third kappa shape index (κ3) is 21.6. The molecule has 1 unspecified atom stereocenters. The van der Waals surface area contributed by atoms with Crippen LogP contribution in [0.1, 0.15) is 186 Å². The van der Waals surface area contributed by atoms with Crippen molar-refractivity contribution in [2.24, 2.45) is 0 Å². The van der Waals surface area contributed by atoms with Crippen LogP contribution in [0.4, 0.5) is 0 Å². The van der Waals surface area contributed by atoms with Gasteiger partial charge in [-0.3, -0.25) is 9.59 Å². The van der Waals surface area contributed by atoms with Gasteiger partial charge in [-0.2, -0.15) is 0 Å². The standard InChI is InChI=1S/C22H28O3.C15H20O4.C10H13I.C9H10O2.C9H12O/c1-13(2)20-11-18(8-7-14(20)3)17(6)22-15(4)9-19(10-16(22)5)25-12-21(23)24;1-10-6-12(7-11(2)13(10)8-16)18-9-14(17)19-15(3,4)5;1-7(2)10-6-9(11)5-4-8(10)3;1-6-3-8(11)4-7(2)9(6)5-10;1-7(2)8-5-3-4-6-9(8)10/h7-11,13,17H,12H2,1-6H3,(H,23,24);6-8H,9H2,1-5H3;4-7H,1-3H3;3-5,11H,1-2H3;3-7,10H,1-2H3. The third-order valence-corrected chi connectivity index (χ3v) is 13.0. The molecule has 410 valence electrons. The maximum Gasteiger partial charge on any atom is 0.344 e. The monoisotopic (exact) mass is 1150 g/mol. The summed E-state index contributed by atoms with van der Waals surface area (Å²) in [5, 5.41) is 27.2. The van der Waals surface area contributed by atoms with Gasteiger partial charge in [0.15, 0.2) is 25.8 Å². The Morgan fingerprint density at radius 2 is 0.961 bits per heavy atom. The van der Waals surface area contributed by atoms with Crippen LogP contribution < -0.4 is 9.47 Å². The van der Waals surface area contributed by atoms with E-state index in [1.54, 1.807) is 65.0 Å². The molecule has 6 aromatic rings. The first-order valence-corrected chi connectivity index (χ1v) is 26.7. The second-order valence-corrected chi connectivity index (χ2v) is 22.3. The third-order valence-electron chi connectivity index (χ3n) is 12.4. The molecular weight excluding hydrogens is 1070 g/mol. The maximum absolute atomic E-state index is 11.5. The highest BCUT2D eigenvalue weighted by Gasteiger charge is 2.19. The molecule has 0 aliphatic carbocycles. The number of rotatable bonds is 13. The molecule has 6 aromatic carbocycles. The Morgan fingerprint density at radius 1 is 0.539 bits per heavy atom. The number of aliphatic carboxylic acids is 1. The van der Waals surface area contributed by atoms with Crippen molar-refractivity contribution in [3.63, 3.8) is 0 Å². The molecule has 0 spiro atoms. The minimum Gasteiger partial charge on any atom is -0.508 e. The number of hydrogen-bond acceptors (Lipinski definition) is 9. The number of carbonyl (C=O) groups is 4. The number of carboxylic acids is 1. The van der Waals surface area contributed by atoms with E-state index in [-0.39, 0.29) is 24.9 Å². The van der Waals surface area contributed by atoms with E-state index < -0.39 is 17.5 Å². The topological polar surface area (TPSA) is 157 Å². The number of benzene rings is 6. The van der Waals surface area contributed by atoms with Crippen LogP contribution >= 0.6 is 22.6 Å². The molecule has 0 bridgehead atoms. The first kappa shape index (κ1) is 65.6. The number of phenolic OH excluding ortho intramolecular Hbond substituents is 2. The fourth-order valence-electron chi connectivity index (χ4n) is 8.63. The number of ether oxygens (including phenoxy) is 3. The van der Waals surface area contributed by atoms with E-state index in [4.69, 9.17) is 24.4 Å². The SMILES string of the molecule is CC(C)c1ccccc1O.Cc1cc(O)cc(C)c1C=O.Cc1cc(OCC(=O)OC(C)(C)C)cc(C)c1C=O.Cc1ccc(C(C)c2c(C)cc(OCC(=O)O)cc2C)cc1C(C)C.Cc1ccc(I)cc1C(C)C. The Balaban J connectivity index is 0.000000342. The second kappa shape index (κ2) is 30.9. The number of esters is 1. The normalized spacial score (nSPS) is 11.1. The summed E-state index contributed by atoms with van der Waals surface area (Å²) in [6.07, 6.45) is 1.63. The van der Waals surface area contributed by atoms with Crippen molar-refractivity contribution in [1.82, 2.24) is 0 Å². The number of hydrogen-bond donors (Lipinski definition) is 3. The number of aryl methyl sites for hydroxylation is 8. The number of phenols is 2. The molecule has 1 atom stereocenters. The van der Waals surface area contributed by atoms with Crippen molar-refractivity contribution < 1.29 is 48.7 Å². The number of aromatic hydroxyl groups is 2. The molecule has 6 rings (SSSR count). The van der Waals surface area contributed by atoms with Gasteiger partial charge < -0.3 is 29.5 Å². The summed E-state index contributed by atoms with van der Waals surface area (Å²) < 4.78 is 17.2. The molecule has 0 aliphatic heterocycles. The summed E-state index contributed by atoms with van der Waals surface area (Å²) in [4.78, 5) is 43.6. The van der Waals surface area contributed by atoms with E-state index in [1.807, 2.05) is 44.2 Å². The van der Waals surface area contributed by atoms with Crippen molar-refractivity contribution in [3.8, 4) is 23.0 Å². The average molecular weight is 1150 g/mol. The molecule has 0 amide bonds. The highest BCUT2D eigenvalue weighted by Crippen LogP contribution is 2.35. The average Bonchev–Trinajstić information content (AvgIpc) is 3.31. The predicted octanol–water partition coefficient (Wildman–Crippen LogP) is 16.2. The molecular formula is C65H83IO10. The van der Waals surface area contributed by atoms with Gasteiger partial charge in [-0.05, 0) is 243 Å². The number of halogens is 1. The Labute approximate surface area is 467 Å². The van der Waals surface area contributed by atoms with Gasteiger partial charge in [0.05, 0.1) is 0 Å². The highest BCUT2D eigenvalue weighted by atomic mass is 127. The summed E-state index contributed by atoms with van der Waals surface area (Å²) in [5.41, 5.74) is 15.5. The zero-order valence-electron chi connectivity index (χ0n) is 48.2. The van der Waals surface area contributed by atoms with Crippen LogP contribution in [0.5, 0.6) is 23.0 Å². The van der Waals surface area contributed by atoms with Gasteiger partial charge >= 0.3 is 11.9 Å². The van der Waals surface area contributed by atoms with Gasteiger partial charge in [-0.1, -0.05) is 90.9 Å². The first-order valence-electron chi connectivity index (χ1n) is 25.7. The minimum absolute atomic E-state index is 0.142. The highest BCUT2D eigenvalue weighted by molar-refractivity contribution is 14.1. The summed E-state index contributed by atoms with van der Waals surface area (Å²) >= 11 is 2.36. The largest absolute Gasteiger partial charge is 0.508 e. The molecule has 0 fully saturated rings. The lowest BCUT2D eigenvalue weighted by molar-refractivity contribution is -0.157. The summed E-state index contributed by atoms with van der Waals surface area (Å²) in [6.45, 7) is 35.9. The Morgan fingerprint density at radius 3 is 1.37 bits per heavy atom. The van der Waals surface area contributed by atoms with Crippen LogP contribution in [0.3, 0.4) is 0 Å².